The predicted molar refractivity (Wildman–Crippen MR) is 165 cm³/mol. The fraction of sp³-hybridized carbons (Fsp3) is 0. The molecular formula is C36H24O2SSi. The minimum Gasteiger partial charge on any atom is -0.218 e. The molecule has 2 heterocycles. The Hall–Kier alpha value is -4.51. The highest BCUT2D eigenvalue weighted by Crippen LogP contribution is 2.44. The van der Waals surface area contributed by atoms with E-state index < -0.39 is 17.9 Å². The van der Waals surface area contributed by atoms with Crippen LogP contribution in [-0.4, -0.2) is 16.5 Å². The highest BCUT2D eigenvalue weighted by molar-refractivity contribution is 7.92. The molecule has 0 aliphatic carbocycles. The van der Waals surface area contributed by atoms with Crippen LogP contribution in [0, 0.1) is 0 Å². The minimum atomic E-state index is -3.49. The van der Waals surface area contributed by atoms with Gasteiger partial charge in [-0.2, -0.15) is 0 Å². The lowest BCUT2D eigenvalue weighted by molar-refractivity contribution is 0.598. The third-order valence-electron chi connectivity index (χ3n) is 8.53. The Labute approximate surface area is 235 Å². The third-order valence-corrected chi connectivity index (χ3v) is 15.3. The first-order valence-electron chi connectivity index (χ1n) is 13.4. The van der Waals surface area contributed by atoms with Gasteiger partial charge in [0.2, 0.25) is 9.84 Å². The Morgan fingerprint density at radius 1 is 0.400 bits per heavy atom. The van der Waals surface area contributed by atoms with Gasteiger partial charge in [-0.15, -0.1) is 0 Å². The summed E-state index contributed by atoms with van der Waals surface area (Å²) in [6, 6.07) is 50.7. The van der Waals surface area contributed by atoms with Crippen LogP contribution in [0.2, 0.25) is 0 Å². The molecule has 8 rings (SSSR count). The average Bonchev–Trinajstić information content (AvgIpc) is 3.44. The van der Waals surface area contributed by atoms with E-state index in [1.807, 2.05) is 18.2 Å². The predicted octanol–water partition coefficient (Wildman–Crippen LogP) is 5.52. The lowest BCUT2D eigenvalue weighted by Crippen LogP contribution is -2.72. The van der Waals surface area contributed by atoms with Gasteiger partial charge in [0.15, 0.2) is 8.07 Å². The Morgan fingerprint density at radius 3 is 1.65 bits per heavy atom. The van der Waals surface area contributed by atoms with Gasteiger partial charge < -0.3 is 0 Å². The molecule has 0 fully saturated rings. The molecule has 2 aliphatic heterocycles. The van der Waals surface area contributed by atoms with E-state index in [-0.39, 0.29) is 0 Å². The first-order valence-corrected chi connectivity index (χ1v) is 16.9. The molecule has 2 aliphatic rings. The smallest absolute Gasteiger partial charge is 0.207 e. The van der Waals surface area contributed by atoms with Crippen molar-refractivity contribution >= 4 is 38.7 Å². The molecule has 0 radical (unpaired) electrons. The van der Waals surface area contributed by atoms with Gasteiger partial charge in [0.05, 0.1) is 9.79 Å². The van der Waals surface area contributed by atoms with Gasteiger partial charge in [-0.3, -0.25) is 0 Å². The molecule has 0 N–H and O–H groups in total. The van der Waals surface area contributed by atoms with Crippen LogP contribution in [0.5, 0.6) is 0 Å². The summed E-state index contributed by atoms with van der Waals surface area (Å²) >= 11 is 0. The first kappa shape index (κ1) is 23.4. The molecule has 0 bridgehead atoms. The molecular weight excluding hydrogens is 525 g/mol. The van der Waals surface area contributed by atoms with Gasteiger partial charge in [0.25, 0.3) is 0 Å². The van der Waals surface area contributed by atoms with Gasteiger partial charge in [-0.1, -0.05) is 127 Å². The van der Waals surface area contributed by atoms with Crippen LogP contribution in [0.25, 0.3) is 33.4 Å². The second-order valence-electron chi connectivity index (χ2n) is 10.5. The lowest BCUT2D eigenvalue weighted by Gasteiger charge is -2.31. The quantitative estimate of drug-likeness (QED) is 0.272. The summed E-state index contributed by atoms with van der Waals surface area (Å²) in [5, 5.41) is 5.50. The molecule has 0 saturated carbocycles. The van der Waals surface area contributed by atoms with E-state index in [4.69, 9.17) is 0 Å². The maximum Gasteiger partial charge on any atom is 0.207 e. The lowest BCUT2D eigenvalue weighted by atomic mass is 9.97. The summed E-state index contributed by atoms with van der Waals surface area (Å²) in [6.45, 7) is 0. The van der Waals surface area contributed by atoms with Gasteiger partial charge >= 0.3 is 0 Å². The van der Waals surface area contributed by atoms with Gasteiger partial charge in [0, 0.05) is 11.1 Å². The minimum absolute atomic E-state index is 0.392. The molecule has 6 aromatic rings. The van der Waals surface area contributed by atoms with Crippen LogP contribution in [0.4, 0.5) is 0 Å². The van der Waals surface area contributed by atoms with Crippen LogP contribution >= 0.6 is 0 Å². The summed E-state index contributed by atoms with van der Waals surface area (Å²) < 4.78 is 26.4. The monoisotopic (exact) mass is 548 g/mol. The van der Waals surface area contributed by atoms with Crippen molar-refractivity contribution in [1.29, 1.82) is 0 Å². The van der Waals surface area contributed by atoms with Crippen molar-refractivity contribution in [3.8, 4) is 33.4 Å². The summed E-state index contributed by atoms with van der Waals surface area (Å²) in [7, 11) is -6.08. The SMILES string of the molecule is O=S1(=O)c2ccccc2-c2cc(-c3ccc4c(c3)[Si](c3ccccc3)(c3ccccc3)c3ccccc3-4)ccc21. The fourth-order valence-electron chi connectivity index (χ4n) is 6.82. The second kappa shape index (κ2) is 8.49. The summed E-state index contributed by atoms with van der Waals surface area (Å²) in [5.74, 6) is 0. The molecule has 0 aromatic heterocycles. The summed E-state index contributed by atoms with van der Waals surface area (Å²) in [6.07, 6.45) is 0. The van der Waals surface area contributed by atoms with E-state index in [1.165, 1.54) is 31.9 Å². The Kier molecular flexibility index (Phi) is 4.96. The van der Waals surface area contributed by atoms with E-state index >= 15 is 0 Å². The van der Waals surface area contributed by atoms with E-state index in [9.17, 15) is 8.42 Å². The zero-order chi connectivity index (χ0) is 26.9. The molecule has 6 aromatic carbocycles. The van der Waals surface area contributed by atoms with Gasteiger partial charge in [0.1, 0.15) is 0 Å². The Bertz CT molecular complexity index is 2030. The maximum atomic E-state index is 13.2. The number of sulfone groups is 1. The van der Waals surface area contributed by atoms with Crippen LogP contribution in [0.1, 0.15) is 0 Å². The normalized spacial score (nSPS) is 15.1. The molecule has 0 saturated heterocycles. The van der Waals surface area contributed by atoms with E-state index in [2.05, 4.69) is 109 Å². The number of benzene rings is 6. The van der Waals surface area contributed by atoms with Crippen molar-refractivity contribution in [3.05, 3.63) is 146 Å². The fourth-order valence-corrected chi connectivity index (χ4v) is 13.7. The maximum absolute atomic E-state index is 13.2. The molecule has 0 atom stereocenters. The van der Waals surface area contributed by atoms with Gasteiger partial charge in [-0.05, 0) is 61.2 Å². The molecule has 2 nitrogen and oxygen atoms in total. The van der Waals surface area contributed by atoms with Crippen molar-refractivity contribution < 1.29 is 8.42 Å². The zero-order valence-corrected chi connectivity index (χ0v) is 23.4. The van der Waals surface area contributed by atoms with Crippen molar-refractivity contribution in [2.75, 3.05) is 0 Å². The van der Waals surface area contributed by atoms with E-state index in [0.717, 1.165) is 22.3 Å². The van der Waals surface area contributed by atoms with E-state index in [0.29, 0.717) is 9.79 Å². The highest BCUT2D eigenvalue weighted by Gasteiger charge is 2.48. The summed E-state index contributed by atoms with van der Waals surface area (Å²) in [5.41, 5.74) is 6.27. The highest BCUT2D eigenvalue weighted by atomic mass is 32.2. The molecule has 0 amide bonds. The van der Waals surface area contributed by atoms with Crippen LogP contribution in [0.3, 0.4) is 0 Å². The van der Waals surface area contributed by atoms with Crippen molar-refractivity contribution in [2.24, 2.45) is 0 Å². The molecule has 40 heavy (non-hydrogen) atoms. The van der Waals surface area contributed by atoms with Crippen molar-refractivity contribution in [3.63, 3.8) is 0 Å². The van der Waals surface area contributed by atoms with Crippen LogP contribution in [0.15, 0.2) is 155 Å². The summed E-state index contributed by atoms with van der Waals surface area (Å²) in [4.78, 5) is 0.787. The third kappa shape index (κ3) is 3.06. The first-order chi connectivity index (χ1) is 19.6. The average molecular weight is 549 g/mol. The van der Waals surface area contributed by atoms with Crippen LogP contribution < -0.4 is 20.7 Å². The van der Waals surface area contributed by atoms with Crippen molar-refractivity contribution in [1.82, 2.24) is 0 Å². The molecule has 190 valence electrons. The standard InChI is InChI=1S/C36H24O2SSi/c37-39(38)33-17-9-7-15-29(33)32-23-25(20-22-34(32)39)26-19-21-31-30-16-8-10-18-35(30)40(36(31)24-26,27-11-3-1-4-12-27)28-13-5-2-6-14-28/h1-24H. The second-order valence-corrected chi connectivity index (χ2v) is 16.1. The molecule has 0 unspecified atom stereocenters. The zero-order valence-electron chi connectivity index (χ0n) is 21.6. The number of hydrogen-bond donors (Lipinski definition) is 0. The molecule has 0 spiro atoms. The molecule has 4 heteroatoms. The van der Waals surface area contributed by atoms with Crippen LogP contribution in [-0.2, 0) is 9.84 Å². The number of rotatable bonds is 3. The van der Waals surface area contributed by atoms with Crippen molar-refractivity contribution in [2.45, 2.75) is 9.79 Å². The van der Waals surface area contributed by atoms with Gasteiger partial charge in [-0.25, -0.2) is 8.42 Å². The Morgan fingerprint density at radius 2 is 0.925 bits per heavy atom. The Balaban J connectivity index is 1.40. The topological polar surface area (TPSA) is 34.1 Å². The number of hydrogen-bond acceptors (Lipinski definition) is 2. The van der Waals surface area contributed by atoms with E-state index in [1.54, 1.807) is 18.2 Å². The number of fused-ring (bicyclic) bond motifs is 6. The largest absolute Gasteiger partial charge is 0.218 e.